The number of nitrogens with one attached hydrogen (secondary N) is 2. The van der Waals surface area contributed by atoms with Crippen LogP contribution in [-0.4, -0.2) is 38.7 Å². The van der Waals surface area contributed by atoms with Gasteiger partial charge in [0.25, 0.3) is 0 Å². The second-order valence-electron chi connectivity index (χ2n) is 7.86. The van der Waals surface area contributed by atoms with E-state index in [4.69, 9.17) is 28.6 Å². The summed E-state index contributed by atoms with van der Waals surface area (Å²) in [7, 11) is 1.56. The SMILES string of the molecule is COc1cc(Sc2ncccn2)nc(NC(=S)NCC2(c3cccc(Cl)c3)CCCCC2)n1. The van der Waals surface area contributed by atoms with Gasteiger partial charge < -0.3 is 15.4 Å². The number of ether oxygens (including phenoxy) is 1. The van der Waals surface area contributed by atoms with Gasteiger partial charge in [0, 0.05) is 35.4 Å². The van der Waals surface area contributed by atoms with Gasteiger partial charge in [0.05, 0.1) is 7.11 Å². The zero-order valence-corrected chi connectivity index (χ0v) is 20.6. The van der Waals surface area contributed by atoms with Crippen molar-refractivity contribution in [3.63, 3.8) is 0 Å². The molecule has 0 aliphatic heterocycles. The highest BCUT2D eigenvalue weighted by Gasteiger charge is 2.34. The Hall–Kier alpha value is -2.49. The van der Waals surface area contributed by atoms with Gasteiger partial charge >= 0.3 is 0 Å². The van der Waals surface area contributed by atoms with Gasteiger partial charge in [-0.1, -0.05) is 43.0 Å². The van der Waals surface area contributed by atoms with Gasteiger partial charge in [0.2, 0.25) is 11.8 Å². The van der Waals surface area contributed by atoms with Crippen LogP contribution in [0.2, 0.25) is 5.02 Å². The zero-order chi connectivity index (χ0) is 23.1. The van der Waals surface area contributed by atoms with Gasteiger partial charge in [0.1, 0.15) is 5.03 Å². The fraction of sp³-hybridized carbons (Fsp3) is 0.348. The lowest BCUT2D eigenvalue weighted by Gasteiger charge is -2.38. The summed E-state index contributed by atoms with van der Waals surface area (Å²) in [5.74, 6) is 0.780. The third-order valence-corrected chi connectivity index (χ3v) is 6.98. The third-order valence-electron chi connectivity index (χ3n) is 5.69. The van der Waals surface area contributed by atoms with Crippen molar-refractivity contribution in [2.75, 3.05) is 19.0 Å². The summed E-state index contributed by atoms with van der Waals surface area (Å²) in [5, 5.41) is 8.95. The second-order valence-corrected chi connectivity index (χ2v) is 9.70. The van der Waals surface area contributed by atoms with Crippen LogP contribution < -0.4 is 15.4 Å². The molecule has 2 heterocycles. The maximum Gasteiger partial charge on any atom is 0.233 e. The van der Waals surface area contributed by atoms with Crippen molar-refractivity contribution < 1.29 is 4.74 Å². The highest BCUT2D eigenvalue weighted by Crippen LogP contribution is 2.39. The summed E-state index contributed by atoms with van der Waals surface area (Å²) in [6.07, 6.45) is 9.20. The van der Waals surface area contributed by atoms with E-state index in [0.29, 0.717) is 33.7 Å². The fourth-order valence-corrected chi connectivity index (χ4v) is 5.12. The molecule has 1 fully saturated rings. The van der Waals surface area contributed by atoms with Crippen molar-refractivity contribution in [3.05, 3.63) is 59.4 Å². The molecule has 7 nitrogen and oxygen atoms in total. The molecule has 0 amide bonds. The molecule has 0 bridgehead atoms. The molecule has 1 saturated carbocycles. The largest absolute Gasteiger partial charge is 0.481 e. The Morgan fingerprint density at radius 2 is 1.91 bits per heavy atom. The second kappa shape index (κ2) is 11.1. The standard InChI is InChI=1S/C23H25ClN6OS2/c1-31-18-14-19(33-22-25-11-6-12-26-22)29-20(28-18)30-21(32)27-15-23(9-3-2-4-10-23)16-7-5-8-17(24)13-16/h5-8,11-14H,2-4,9-10,15H2,1H3,(H2,27,28,29,30,32). The number of thiocarbonyl (C=S) groups is 1. The molecule has 0 unspecified atom stereocenters. The molecule has 4 rings (SSSR count). The van der Waals surface area contributed by atoms with Gasteiger partial charge in [-0.15, -0.1) is 0 Å². The van der Waals surface area contributed by atoms with E-state index in [1.807, 2.05) is 12.1 Å². The number of halogens is 1. The Bertz CT molecular complexity index is 1100. The van der Waals surface area contributed by atoms with Crippen LogP contribution in [-0.2, 0) is 5.41 Å². The third kappa shape index (κ3) is 6.31. The Labute approximate surface area is 208 Å². The minimum atomic E-state index is -0.00418. The van der Waals surface area contributed by atoms with Gasteiger partial charge in [0.15, 0.2) is 10.3 Å². The number of hydrogen-bond donors (Lipinski definition) is 2. The average molecular weight is 501 g/mol. The lowest BCUT2D eigenvalue weighted by atomic mass is 9.69. The Balaban J connectivity index is 1.46. The van der Waals surface area contributed by atoms with E-state index in [9.17, 15) is 0 Å². The smallest absolute Gasteiger partial charge is 0.233 e. The van der Waals surface area contributed by atoms with Crippen LogP contribution in [0.3, 0.4) is 0 Å². The van der Waals surface area contributed by atoms with Gasteiger partial charge in [-0.2, -0.15) is 4.98 Å². The maximum atomic E-state index is 6.30. The predicted octanol–water partition coefficient (Wildman–Crippen LogP) is 5.27. The van der Waals surface area contributed by atoms with Crippen LogP contribution >= 0.6 is 35.6 Å². The lowest BCUT2D eigenvalue weighted by molar-refractivity contribution is 0.292. The Morgan fingerprint density at radius 1 is 1.12 bits per heavy atom. The molecule has 0 radical (unpaired) electrons. The zero-order valence-electron chi connectivity index (χ0n) is 18.3. The van der Waals surface area contributed by atoms with Crippen LogP contribution in [0.15, 0.2) is 59.0 Å². The summed E-state index contributed by atoms with van der Waals surface area (Å²) in [6, 6.07) is 11.7. The summed E-state index contributed by atoms with van der Waals surface area (Å²) < 4.78 is 5.33. The molecule has 3 aromatic rings. The first-order chi connectivity index (χ1) is 16.1. The molecule has 1 aliphatic rings. The van der Waals surface area contributed by atoms with E-state index in [1.165, 1.54) is 36.6 Å². The predicted molar refractivity (Wildman–Crippen MR) is 135 cm³/mol. The minimum Gasteiger partial charge on any atom is -0.481 e. The van der Waals surface area contributed by atoms with E-state index in [2.05, 4.69) is 42.7 Å². The van der Waals surface area contributed by atoms with Crippen molar-refractivity contribution in [2.45, 2.75) is 47.7 Å². The molecule has 172 valence electrons. The number of benzene rings is 1. The van der Waals surface area contributed by atoms with E-state index >= 15 is 0 Å². The van der Waals surface area contributed by atoms with Gasteiger partial charge in [-0.25, -0.2) is 15.0 Å². The molecular weight excluding hydrogens is 476 g/mol. The Kier molecular flexibility index (Phi) is 7.95. The number of nitrogens with zero attached hydrogens (tertiary/aromatic N) is 4. The van der Waals surface area contributed by atoms with Crippen molar-refractivity contribution in [2.24, 2.45) is 0 Å². The normalized spacial score (nSPS) is 15.0. The number of methoxy groups -OCH3 is 1. The molecule has 33 heavy (non-hydrogen) atoms. The average Bonchev–Trinajstić information content (AvgIpc) is 2.84. The highest BCUT2D eigenvalue weighted by molar-refractivity contribution is 7.99. The summed E-state index contributed by atoms with van der Waals surface area (Å²) in [5.41, 5.74) is 1.25. The molecule has 0 saturated heterocycles. The van der Waals surface area contributed by atoms with Crippen molar-refractivity contribution in [1.29, 1.82) is 0 Å². The number of rotatable bonds is 7. The van der Waals surface area contributed by atoms with Crippen LogP contribution in [0.4, 0.5) is 5.95 Å². The first-order valence-corrected chi connectivity index (χ1v) is 12.4. The highest BCUT2D eigenvalue weighted by atomic mass is 35.5. The van der Waals surface area contributed by atoms with Crippen LogP contribution in [0.1, 0.15) is 37.7 Å². The monoisotopic (exact) mass is 500 g/mol. The van der Waals surface area contributed by atoms with E-state index in [-0.39, 0.29) is 5.41 Å². The molecule has 1 aromatic carbocycles. The summed E-state index contributed by atoms with van der Waals surface area (Å²) >= 11 is 13.2. The molecule has 2 aromatic heterocycles. The molecule has 2 N–H and O–H groups in total. The minimum absolute atomic E-state index is 0.00418. The number of aromatic nitrogens is 4. The molecule has 10 heteroatoms. The summed E-state index contributed by atoms with van der Waals surface area (Å²) in [6.45, 7) is 0.711. The quantitative estimate of drug-likeness (QED) is 0.256. The van der Waals surface area contributed by atoms with Crippen molar-refractivity contribution in [1.82, 2.24) is 25.3 Å². The molecule has 0 spiro atoms. The van der Waals surface area contributed by atoms with Crippen molar-refractivity contribution >= 4 is 46.6 Å². The van der Waals surface area contributed by atoms with E-state index < -0.39 is 0 Å². The van der Waals surface area contributed by atoms with Crippen molar-refractivity contribution in [3.8, 4) is 5.88 Å². The summed E-state index contributed by atoms with van der Waals surface area (Å²) in [4.78, 5) is 17.4. The van der Waals surface area contributed by atoms with Crippen LogP contribution in [0.25, 0.3) is 0 Å². The van der Waals surface area contributed by atoms with E-state index in [1.54, 1.807) is 31.6 Å². The molecular formula is C23H25ClN6OS2. The number of anilines is 1. The fourth-order valence-electron chi connectivity index (χ4n) is 4.06. The molecule has 0 atom stereocenters. The number of hydrogen-bond acceptors (Lipinski definition) is 7. The van der Waals surface area contributed by atoms with Gasteiger partial charge in [-0.05, 0) is 60.6 Å². The van der Waals surface area contributed by atoms with Gasteiger partial charge in [-0.3, -0.25) is 0 Å². The molecule has 1 aliphatic carbocycles. The maximum absolute atomic E-state index is 6.30. The van der Waals surface area contributed by atoms with E-state index in [0.717, 1.165) is 17.9 Å². The first-order valence-electron chi connectivity index (χ1n) is 10.8. The Morgan fingerprint density at radius 3 is 2.64 bits per heavy atom. The van der Waals surface area contributed by atoms with Crippen LogP contribution in [0, 0.1) is 0 Å². The first kappa shape index (κ1) is 23.7. The lowest BCUT2D eigenvalue weighted by Crippen LogP contribution is -2.43. The topological polar surface area (TPSA) is 84.9 Å². The van der Waals surface area contributed by atoms with Crippen LogP contribution in [0.5, 0.6) is 5.88 Å².